The Bertz CT molecular complexity index is 817. The standard InChI is InChI=1S/C16H13Cl2N3/c1-9-14(10-5-3-2-4-6-10)20-16-11(15(9)21-19)7-8-12(17)13(16)18/h2-8H,19H2,1H3,(H,20,21). The van der Waals surface area contributed by atoms with Crippen molar-refractivity contribution in [2.75, 3.05) is 5.43 Å². The molecular weight excluding hydrogens is 305 g/mol. The van der Waals surface area contributed by atoms with Gasteiger partial charge in [-0.15, -0.1) is 0 Å². The highest BCUT2D eigenvalue weighted by molar-refractivity contribution is 6.45. The highest BCUT2D eigenvalue weighted by Gasteiger charge is 2.15. The van der Waals surface area contributed by atoms with Crippen LogP contribution in [0.5, 0.6) is 0 Å². The van der Waals surface area contributed by atoms with Crippen LogP contribution < -0.4 is 11.3 Å². The van der Waals surface area contributed by atoms with Crippen LogP contribution in [-0.2, 0) is 0 Å². The molecule has 0 spiro atoms. The lowest BCUT2D eigenvalue weighted by atomic mass is 10.0. The van der Waals surface area contributed by atoms with Gasteiger partial charge in [-0.25, -0.2) is 4.98 Å². The third-order valence-corrected chi connectivity index (χ3v) is 4.28. The number of hydrogen-bond acceptors (Lipinski definition) is 3. The number of nitrogen functional groups attached to an aromatic ring is 1. The molecule has 106 valence electrons. The largest absolute Gasteiger partial charge is 0.323 e. The van der Waals surface area contributed by atoms with Gasteiger partial charge < -0.3 is 5.43 Å². The lowest BCUT2D eigenvalue weighted by Crippen LogP contribution is -2.10. The number of fused-ring (bicyclic) bond motifs is 1. The summed E-state index contributed by atoms with van der Waals surface area (Å²) in [6.07, 6.45) is 0. The first-order valence-electron chi connectivity index (χ1n) is 6.44. The lowest BCUT2D eigenvalue weighted by molar-refractivity contribution is 1.28. The Kier molecular flexibility index (Phi) is 3.72. The van der Waals surface area contributed by atoms with E-state index in [4.69, 9.17) is 34.0 Å². The number of aromatic nitrogens is 1. The number of anilines is 1. The number of hydrogen-bond donors (Lipinski definition) is 2. The highest BCUT2D eigenvalue weighted by Crippen LogP contribution is 2.38. The molecule has 0 aliphatic heterocycles. The third-order valence-electron chi connectivity index (χ3n) is 3.48. The molecule has 0 bridgehead atoms. The maximum atomic E-state index is 6.30. The van der Waals surface area contributed by atoms with E-state index in [9.17, 15) is 0 Å². The van der Waals surface area contributed by atoms with Crippen LogP contribution in [0.3, 0.4) is 0 Å². The number of hydrazine groups is 1. The maximum absolute atomic E-state index is 6.30. The minimum atomic E-state index is 0.433. The van der Waals surface area contributed by atoms with Crippen molar-refractivity contribution < 1.29 is 0 Å². The molecule has 3 N–H and O–H groups in total. The number of nitrogens with two attached hydrogens (primary N) is 1. The first-order valence-corrected chi connectivity index (χ1v) is 7.19. The van der Waals surface area contributed by atoms with Gasteiger partial charge in [0.25, 0.3) is 0 Å². The maximum Gasteiger partial charge on any atom is 0.0932 e. The minimum Gasteiger partial charge on any atom is -0.323 e. The molecule has 21 heavy (non-hydrogen) atoms. The number of benzene rings is 2. The summed E-state index contributed by atoms with van der Waals surface area (Å²) in [5.74, 6) is 5.70. The van der Waals surface area contributed by atoms with E-state index in [-0.39, 0.29) is 0 Å². The summed E-state index contributed by atoms with van der Waals surface area (Å²) in [7, 11) is 0. The molecule has 5 heteroatoms. The molecule has 0 saturated heterocycles. The molecule has 3 nitrogen and oxygen atoms in total. The molecule has 0 radical (unpaired) electrons. The van der Waals surface area contributed by atoms with Gasteiger partial charge in [0.2, 0.25) is 0 Å². The van der Waals surface area contributed by atoms with Gasteiger partial charge in [0, 0.05) is 16.5 Å². The van der Waals surface area contributed by atoms with Crippen LogP contribution in [0, 0.1) is 6.92 Å². The third kappa shape index (κ3) is 2.33. The van der Waals surface area contributed by atoms with E-state index in [1.165, 1.54) is 0 Å². The molecule has 0 aliphatic carbocycles. The molecule has 0 aliphatic rings. The molecule has 0 atom stereocenters. The summed E-state index contributed by atoms with van der Waals surface area (Å²) >= 11 is 12.4. The van der Waals surface area contributed by atoms with E-state index in [0.29, 0.717) is 15.6 Å². The van der Waals surface area contributed by atoms with Crippen molar-refractivity contribution >= 4 is 39.8 Å². The van der Waals surface area contributed by atoms with Crippen molar-refractivity contribution in [2.24, 2.45) is 5.84 Å². The van der Waals surface area contributed by atoms with Gasteiger partial charge in [-0.05, 0) is 19.1 Å². The molecule has 0 saturated carbocycles. The first kappa shape index (κ1) is 14.1. The molecule has 3 aromatic rings. The van der Waals surface area contributed by atoms with Crippen molar-refractivity contribution in [2.45, 2.75) is 6.92 Å². The molecule has 2 aromatic carbocycles. The summed E-state index contributed by atoms with van der Waals surface area (Å²) in [4.78, 5) is 4.70. The monoisotopic (exact) mass is 317 g/mol. The predicted molar refractivity (Wildman–Crippen MR) is 89.7 cm³/mol. The summed E-state index contributed by atoms with van der Waals surface area (Å²) in [6, 6.07) is 13.5. The van der Waals surface area contributed by atoms with Crippen LogP contribution in [0.25, 0.3) is 22.2 Å². The Morgan fingerprint density at radius 2 is 1.76 bits per heavy atom. The number of pyridine rings is 1. The Hall–Kier alpha value is -1.81. The smallest absolute Gasteiger partial charge is 0.0932 e. The first-order chi connectivity index (χ1) is 10.1. The van der Waals surface area contributed by atoms with Gasteiger partial charge in [-0.1, -0.05) is 53.5 Å². The van der Waals surface area contributed by atoms with Gasteiger partial charge in [0.15, 0.2) is 0 Å². The summed E-state index contributed by atoms with van der Waals surface area (Å²) in [6.45, 7) is 1.98. The van der Waals surface area contributed by atoms with Crippen LogP contribution in [0.2, 0.25) is 10.0 Å². The zero-order valence-electron chi connectivity index (χ0n) is 11.3. The topological polar surface area (TPSA) is 50.9 Å². The predicted octanol–water partition coefficient (Wildman–Crippen LogP) is 4.80. The Morgan fingerprint density at radius 1 is 1.05 bits per heavy atom. The Morgan fingerprint density at radius 3 is 2.43 bits per heavy atom. The van der Waals surface area contributed by atoms with E-state index < -0.39 is 0 Å². The van der Waals surface area contributed by atoms with Crippen LogP contribution in [0.4, 0.5) is 5.69 Å². The summed E-state index contributed by atoms with van der Waals surface area (Å²) in [5, 5.41) is 1.76. The molecule has 0 unspecified atom stereocenters. The quantitative estimate of drug-likeness (QED) is 0.527. The second kappa shape index (κ2) is 5.53. The van der Waals surface area contributed by atoms with Crippen molar-refractivity contribution in [3.05, 3.63) is 58.1 Å². The fourth-order valence-electron chi connectivity index (χ4n) is 2.43. The number of rotatable bonds is 2. The van der Waals surface area contributed by atoms with E-state index in [0.717, 1.165) is 27.9 Å². The molecule has 0 fully saturated rings. The van der Waals surface area contributed by atoms with Crippen LogP contribution in [0.1, 0.15) is 5.56 Å². The number of halogens is 2. The minimum absolute atomic E-state index is 0.433. The second-order valence-corrected chi connectivity index (χ2v) is 5.51. The fraction of sp³-hybridized carbons (Fsp3) is 0.0625. The van der Waals surface area contributed by atoms with E-state index in [2.05, 4.69) is 5.43 Å². The molecule has 1 heterocycles. The van der Waals surface area contributed by atoms with Crippen molar-refractivity contribution in [1.29, 1.82) is 0 Å². The van der Waals surface area contributed by atoms with E-state index >= 15 is 0 Å². The van der Waals surface area contributed by atoms with E-state index in [1.807, 2.05) is 43.3 Å². The number of nitrogens with one attached hydrogen (secondary N) is 1. The van der Waals surface area contributed by atoms with Crippen LogP contribution in [-0.4, -0.2) is 4.98 Å². The lowest BCUT2D eigenvalue weighted by Gasteiger charge is -2.15. The van der Waals surface area contributed by atoms with Gasteiger partial charge in [-0.3, -0.25) is 5.84 Å². The SMILES string of the molecule is Cc1c(-c2ccccc2)nc2c(Cl)c(Cl)ccc2c1NN. The molecule has 0 amide bonds. The highest BCUT2D eigenvalue weighted by atomic mass is 35.5. The van der Waals surface area contributed by atoms with E-state index in [1.54, 1.807) is 6.07 Å². The fourth-order valence-corrected chi connectivity index (χ4v) is 2.79. The Balaban J connectivity index is 2.42. The van der Waals surface area contributed by atoms with Gasteiger partial charge in [0.05, 0.1) is 26.9 Å². The summed E-state index contributed by atoms with van der Waals surface area (Å²) < 4.78 is 0. The van der Waals surface area contributed by atoms with Crippen LogP contribution >= 0.6 is 23.2 Å². The Labute approximate surface area is 132 Å². The van der Waals surface area contributed by atoms with Crippen molar-refractivity contribution in [3.63, 3.8) is 0 Å². The van der Waals surface area contributed by atoms with Gasteiger partial charge in [-0.2, -0.15) is 0 Å². The summed E-state index contributed by atoms with van der Waals surface area (Å²) in [5.41, 5.74) is 7.00. The zero-order chi connectivity index (χ0) is 15.0. The molecular formula is C16H13Cl2N3. The normalized spacial score (nSPS) is 10.9. The second-order valence-electron chi connectivity index (χ2n) is 4.73. The van der Waals surface area contributed by atoms with Crippen LogP contribution in [0.15, 0.2) is 42.5 Å². The zero-order valence-corrected chi connectivity index (χ0v) is 12.8. The van der Waals surface area contributed by atoms with Crippen molar-refractivity contribution in [3.8, 4) is 11.3 Å². The molecule has 3 rings (SSSR count). The molecule has 1 aromatic heterocycles. The average Bonchev–Trinajstić information content (AvgIpc) is 2.51. The van der Waals surface area contributed by atoms with Gasteiger partial charge >= 0.3 is 0 Å². The number of nitrogens with zero attached hydrogens (tertiary/aromatic N) is 1. The van der Waals surface area contributed by atoms with Crippen molar-refractivity contribution in [1.82, 2.24) is 4.98 Å². The van der Waals surface area contributed by atoms with Gasteiger partial charge in [0.1, 0.15) is 0 Å². The average molecular weight is 318 g/mol.